The summed E-state index contributed by atoms with van der Waals surface area (Å²) >= 11 is 0. The number of carbonyl (C=O) groups excluding carboxylic acids is 1. The molecular formula is C22H19F4N3O2. The molecule has 6 rings (SSSR count). The van der Waals surface area contributed by atoms with Gasteiger partial charge < -0.3 is 14.0 Å². The molecule has 0 unspecified atom stereocenters. The number of amides is 1. The summed E-state index contributed by atoms with van der Waals surface area (Å²) in [5.41, 5.74) is 0.852. The summed E-state index contributed by atoms with van der Waals surface area (Å²) in [6, 6.07) is 9.81. The van der Waals surface area contributed by atoms with Crippen molar-refractivity contribution in [3.63, 3.8) is 0 Å². The number of benzene rings is 1. The lowest BCUT2D eigenvalue weighted by atomic mass is 9.74. The van der Waals surface area contributed by atoms with Gasteiger partial charge in [0.2, 0.25) is 0 Å². The molecular weight excluding hydrogens is 414 g/mol. The van der Waals surface area contributed by atoms with Crippen LogP contribution in [0.3, 0.4) is 0 Å². The van der Waals surface area contributed by atoms with Gasteiger partial charge in [-0.3, -0.25) is 4.79 Å². The lowest BCUT2D eigenvalue weighted by Crippen LogP contribution is -2.50. The molecule has 1 amide bonds. The Morgan fingerprint density at radius 2 is 1.90 bits per heavy atom. The summed E-state index contributed by atoms with van der Waals surface area (Å²) in [7, 11) is 0. The summed E-state index contributed by atoms with van der Waals surface area (Å²) in [4.78, 5) is 19.1. The number of ether oxygens (including phenoxy) is 1. The van der Waals surface area contributed by atoms with Gasteiger partial charge in [-0.25, -0.2) is 9.37 Å². The van der Waals surface area contributed by atoms with Crippen molar-refractivity contribution in [2.45, 2.75) is 24.6 Å². The van der Waals surface area contributed by atoms with Gasteiger partial charge in [-0.15, -0.1) is 0 Å². The van der Waals surface area contributed by atoms with Crippen LogP contribution in [0, 0.1) is 5.92 Å². The monoisotopic (exact) mass is 433 g/mol. The number of alkyl halides is 4. The Labute approximate surface area is 175 Å². The number of hydrogen-bond acceptors (Lipinski definition) is 3. The number of para-hydroxylation sites is 1. The molecule has 2 bridgehead atoms. The van der Waals surface area contributed by atoms with E-state index in [-0.39, 0.29) is 17.4 Å². The highest BCUT2D eigenvalue weighted by molar-refractivity contribution is 5.95. The molecule has 3 fully saturated rings. The molecule has 5 nitrogen and oxygen atoms in total. The van der Waals surface area contributed by atoms with Crippen LogP contribution in [-0.4, -0.2) is 51.7 Å². The van der Waals surface area contributed by atoms with Gasteiger partial charge in [0.05, 0.1) is 5.54 Å². The second-order valence-corrected chi connectivity index (χ2v) is 8.23. The Kier molecular flexibility index (Phi) is 4.46. The van der Waals surface area contributed by atoms with E-state index in [4.69, 9.17) is 4.74 Å². The normalized spacial score (nSPS) is 22.6. The van der Waals surface area contributed by atoms with Gasteiger partial charge in [-0.05, 0) is 37.0 Å². The standard InChI is InChI=1S/C22H19F4N3O2/c23-12-21-8-14(9-21)10-29(21)20(30)17-11-28-7-3-5-16(19(28)27-17)15-4-1-2-6-18(15)31-13-22(24,25)26/h1-7,11,14H,8-10,12-13H2. The maximum Gasteiger partial charge on any atom is 0.422 e. The third kappa shape index (κ3) is 3.32. The first-order chi connectivity index (χ1) is 14.8. The van der Waals surface area contributed by atoms with E-state index in [2.05, 4.69) is 4.98 Å². The number of carbonyl (C=O) groups is 1. The molecule has 162 valence electrons. The molecule has 9 heteroatoms. The average Bonchev–Trinajstić information content (AvgIpc) is 3.41. The molecule has 0 radical (unpaired) electrons. The van der Waals surface area contributed by atoms with Gasteiger partial charge in [0, 0.05) is 30.1 Å². The van der Waals surface area contributed by atoms with Crippen molar-refractivity contribution in [3.05, 3.63) is 54.5 Å². The van der Waals surface area contributed by atoms with Crippen LogP contribution < -0.4 is 4.74 Å². The third-order valence-corrected chi connectivity index (χ3v) is 6.11. The van der Waals surface area contributed by atoms with Gasteiger partial charge in [-0.1, -0.05) is 18.2 Å². The highest BCUT2D eigenvalue weighted by Gasteiger charge is 2.58. The van der Waals surface area contributed by atoms with Gasteiger partial charge in [0.1, 0.15) is 23.8 Å². The number of nitrogens with zero attached hydrogens (tertiary/aromatic N) is 3. The molecule has 2 aliphatic heterocycles. The highest BCUT2D eigenvalue weighted by atomic mass is 19.4. The summed E-state index contributed by atoms with van der Waals surface area (Å²) in [5.74, 6) is 0.0828. The van der Waals surface area contributed by atoms with Crippen molar-refractivity contribution in [2.75, 3.05) is 19.8 Å². The Bertz CT molecular complexity index is 1150. The molecule has 2 aromatic heterocycles. The van der Waals surface area contributed by atoms with Gasteiger partial charge >= 0.3 is 6.18 Å². The number of pyridine rings is 1. The molecule has 2 saturated heterocycles. The molecule has 3 aliphatic rings. The summed E-state index contributed by atoms with van der Waals surface area (Å²) in [5, 5.41) is 0. The summed E-state index contributed by atoms with van der Waals surface area (Å²) in [6.45, 7) is -1.46. The fraction of sp³-hybridized carbons (Fsp3) is 0.364. The van der Waals surface area contributed by atoms with Crippen LogP contribution in [0.1, 0.15) is 23.3 Å². The minimum atomic E-state index is -4.46. The molecule has 3 aromatic rings. The fourth-order valence-electron chi connectivity index (χ4n) is 4.74. The molecule has 4 heterocycles. The van der Waals surface area contributed by atoms with E-state index in [1.807, 2.05) is 0 Å². The molecule has 0 N–H and O–H groups in total. The van der Waals surface area contributed by atoms with E-state index in [0.717, 1.165) is 0 Å². The molecule has 1 aromatic carbocycles. The van der Waals surface area contributed by atoms with E-state index < -0.39 is 25.0 Å². The van der Waals surface area contributed by atoms with E-state index >= 15 is 0 Å². The molecule has 0 spiro atoms. The first-order valence-corrected chi connectivity index (χ1v) is 9.94. The number of imidazole rings is 1. The number of halogens is 4. The van der Waals surface area contributed by atoms with Crippen molar-refractivity contribution in [1.82, 2.24) is 14.3 Å². The largest absolute Gasteiger partial charge is 0.483 e. The van der Waals surface area contributed by atoms with Gasteiger partial charge in [-0.2, -0.15) is 13.2 Å². The van der Waals surface area contributed by atoms with E-state index in [1.54, 1.807) is 52.0 Å². The minimum absolute atomic E-state index is 0.0700. The molecule has 31 heavy (non-hydrogen) atoms. The zero-order chi connectivity index (χ0) is 21.8. The summed E-state index contributed by atoms with van der Waals surface area (Å²) < 4.78 is 58.2. The van der Waals surface area contributed by atoms with Crippen LogP contribution in [0.15, 0.2) is 48.8 Å². The van der Waals surface area contributed by atoms with Crippen molar-refractivity contribution >= 4 is 11.6 Å². The van der Waals surface area contributed by atoms with Crippen molar-refractivity contribution < 1.29 is 27.1 Å². The molecule has 1 aliphatic carbocycles. The van der Waals surface area contributed by atoms with Crippen LogP contribution in [0.2, 0.25) is 0 Å². The van der Waals surface area contributed by atoms with Crippen molar-refractivity contribution in [3.8, 4) is 16.9 Å². The second kappa shape index (κ2) is 6.96. The smallest absolute Gasteiger partial charge is 0.422 e. The lowest BCUT2D eigenvalue weighted by Gasteiger charge is -2.39. The van der Waals surface area contributed by atoms with Gasteiger partial charge in [0.15, 0.2) is 6.61 Å². The lowest BCUT2D eigenvalue weighted by molar-refractivity contribution is -0.153. The SMILES string of the molecule is O=C(c1cn2cccc(-c3ccccc3OCC(F)(F)F)c2n1)N1CC2CC1(CF)C2. The first kappa shape index (κ1) is 19.8. The van der Waals surface area contributed by atoms with Crippen LogP contribution in [0.4, 0.5) is 17.6 Å². The first-order valence-electron chi connectivity index (χ1n) is 9.94. The third-order valence-electron chi connectivity index (χ3n) is 6.11. The number of hydrogen-bond donors (Lipinski definition) is 0. The zero-order valence-corrected chi connectivity index (χ0v) is 16.4. The topological polar surface area (TPSA) is 46.8 Å². The quantitative estimate of drug-likeness (QED) is 0.556. The van der Waals surface area contributed by atoms with E-state index in [0.29, 0.717) is 42.1 Å². The summed E-state index contributed by atoms with van der Waals surface area (Å²) in [6.07, 6.45) is 0.170. The fourth-order valence-corrected chi connectivity index (χ4v) is 4.74. The second-order valence-electron chi connectivity index (χ2n) is 8.23. The van der Waals surface area contributed by atoms with Crippen molar-refractivity contribution in [1.29, 1.82) is 0 Å². The predicted octanol–water partition coefficient (Wildman–Crippen LogP) is 4.52. The zero-order valence-electron chi connectivity index (χ0n) is 16.4. The average molecular weight is 433 g/mol. The maximum atomic E-state index is 13.6. The predicted molar refractivity (Wildman–Crippen MR) is 105 cm³/mol. The van der Waals surface area contributed by atoms with Crippen LogP contribution in [0.5, 0.6) is 5.75 Å². The Hall–Kier alpha value is -3.10. The van der Waals surface area contributed by atoms with Crippen LogP contribution in [0.25, 0.3) is 16.8 Å². The van der Waals surface area contributed by atoms with Crippen molar-refractivity contribution in [2.24, 2.45) is 5.92 Å². The number of fused-ring (bicyclic) bond motifs is 2. The van der Waals surface area contributed by atoms with Crippen LogP contribution >= 0.6 is 0 Å². The molecule has 1 saturated carbocycles. The highest BCUT2D eigenvalue weighted by Crippen LogP contribution is 2.51. The Morgan fingerprint density at radius 3 is 2.65 bits per heavy atom. The van der Waals surface area contributed by atoms with Crippen LogP contribution in [-0.2, 0) is 0 Å². The van der Waals surface area contributed by atoms with E-state index in [1.165, 1.54) is 6.07 Å². The minimum Gasteiger partial charge on any atom is -0.483 e. The maximum absolute atomic E-state index is 13.6. The Morgan fingerprint density at radius 1 is 1.16 bits per heavy atom. The number of aromatic nitrogens is 2. The Balaban J connectivity index is 1.51. The number of rotatable bonds is 5. The van der Waals surface area contributed by atoms with E-state index in [9.17, 15) is 22.4 Å². The molecule has 0 atom stereocenters. The van der Waals surface area contributed by atoms with Gasteiger partial charge in [0.25, 0.3) is 5.91 Å².